The predicted molar refractivity (Wildman–Crippen MR) is 135 cm³/mol. The van der Waals surface area contributed by atoms with Crippen molar-refractivity contribution in [3.63, 3.8) is 0 Å². The summed E-state index contributed by atoms with van der Waals surface area (Å²) in [5.74, 6) is 1.19. The Morgan fingerprint density at radius 1 is 1.26 bits per heavy atom. The van der Waals surface area contributed by atoms with Crippen LogP contribution in [0.25, 0.3) is 0 Å². The third-order valence-electron chi connectivity index (χ3n) is 7.88. The van der Waals surface area contributed by atoms with E-state index in [4.69, 9.17) is 9.47 Å². The number of likely N-dealkylation sites (tertiary alicyclic amines) is 1. The summed E-state index contributed by atoms with van der Waals surface area (Å²) < 4.78 is 39.9. The van der Waals surface area contributed by atoms with Gasteiger partial charge in [0.15, 0.2) is 0 Å². The molecule has 1 saturated heterocycles. The van der Waals surface area contributed by atoms with Gasteiger partial charge in [-0.2, -0.15) is 0 Å². The third kappa shape index (κ3) is 4.67. The first kappa shape index (κ1) is 24.3. The highest BCUT2D eigenvalue weighted by atomic mass is 32.2. The van der Waals surface area contributed by atoms with Crippen LogP contribution in [0.4, 0.5) is 0 Å². The molecule has 1 aromatic carbocycles. The van der Waals surface area contributed by atoms with Gasteiger partial charge in [-0.3, -0.25) is 0 Å². The summed E-state index contributed by atoms with van der Waals surface area (Å²) in [6, 6.07) is 9.44. The van der Waals surface area contributed by atoms with E-state index in [2.05, 4.69) is 29.5 Å². The first-order chi connectivity index (χ1) is 16.3. The van der Waals surface area contributed by atoms with Gasteiger partial charge in [0.1, 0.15) is 5.75 Å². The second-order valence-corrected chi connectivity index (χ2v) is 13.1. The van der Waals surface area contributed by atoms with E-state index < -0.39 is 10.0 Å². The van der Waals surface area contributed by atoms with Gasteiger partial charge in [0.2, 0.25) is 10.0 Å². The molecule has 34 heavy (non-hydrogen) atoms. The van der Waals surface area contributed by atoms with Crippen LogP contribution < -0.4 is 9.46 Å². The average molecular weight is 505 g/mol. The van der Waals surface area contributed by atoms with Crippen molar-refractivity contribution in [2.45, 2.75) is 75.0 Å². The number of rotatable bonds is 7. The number of ether oxygens (including phenoxy) is 2. The van der Waals surface area contributed by atoms with Crippen molar-refractivity contribution < 1.29 is 17.9 Å². The Morgan fingerprint density at radius 3 is 2.71 bits per heavy atom. The molecule has 6 nitrogen and oxygen atoms in total. The van der Waals surface area contributed by atoms with E-state index in [0.29, 0.717) is 22.6 Å². The Morgan fingerprint density at radius 2 is 2.03 bits per heavy atom. The molecule has 3 aliphatic rings. The standard InChI is InChI=1S/C26H36N2O4S2/c1-4-22-15-24-25(33-22)9-12-32-26(24)10-11-28(18(2)16-26)17-19-13-20(14-19)27-34(29,30)23-7-5-21(31-3)6-8-23/h5-8,15,18-20,27H,4,9-14,16-17H2,1-3H3/t18-,19-,20+,26+/m0/s1. The fourth-order valence-electron chi connectivity index (χ4n) is 5.90. The van der Waals surface area contributed by atoms with Gasteiger partial charge in [-0.25, -0.2) is 13.1 Å². The largest absolute Gasteiger partial charge is 0.497 e. The zero-order valence-corrected chi connectivity index (χ0v) is 22.0. The van der Waals surface area contributed by atoms with Crippen LogP contribution in [0.1, 0.15) is 54.8 Å². The van der Waals surface area contributed by atoms with Crippen molar-refractivity contribution >= 4 is 21.4 Å². The molecule has 3 heterocycles. The maximum atomic E-state index is 12.7. The molecule has 1 spiro atoms. The monoisotopic (exact) mass is 504 g/mol. The number of thiophene rings is 1. The van der Waals surface area contributed by atoms with Gasteiger partial charge in [0, 0.05) is 41.3 Å². The molecule has 0 radical (unpaired) electrons. The van der Waals surface area contributed by atoms with E-state index in [1.807, 2.05) is 11.3 Å². The zero-order chi connectivity index (χ0) is 23.9. The molecule has 1 saturated carbocycles. The summed E-state index contributed by atoms with van der Waals surface area (Å²) in [6.45, 7) is 7.47. The minimum Gasteiger partial charge on any atom is -0.497 e. The van der Waals surface area contributed by atoms with Crippen molar-refractivity contribution in [3.8, 4) is 5.75 Å². The summed E-state index contributed by atoms with van der Waals surface area (Å²) in [5, 5.41) is 0. The normalized spacial score (nSPS) is 29.6. The van der Waals surface area contributed by atoms with Crippen LogP contribution in [0.15, 0.2) is 35.2 Å². The van der Waals surface area contributed by atoms with Crippen LogP contribution in [-0.2, 0) is 33.2 Å². The highest BCUT2D eigenvalue weighted by Gasteiger charge is 2.45. The van der Waals surface area contributed by atoms with Gasteiger partial charge < -0.3 is 14.4 Å². The fourth-order valence-corrected chi connectivity index (χ4v) is 8.34. The molecule has 1 N–H and O–H groups in total. The van der Waals surface area contributed by atoms with Crippen LogP contribution in [0.5, 0.6) is 5.75 Å². The minimum absolute atomic E-state index is 0.0195. The maximum Gasteiger partial charge on any atom is 0.240 e. The molecule has 186 valence electrons. The Labute approximate surface area is 207 Å². The lowest BCUT2D eigenvalue weighted by Crippen LogP contribution is -2.54. The van der Waals surface area contributed by atoms with Gasteiger partial charge in [0.25, 0.3) is 0 Å². The van der Waals surface area contributed by atoms with Crippen LogP contribution in [0, 0.1) is 5.92 Å². The summed E-state index contributed by atoms with van der Waals surface area (Å²) in [4.78, 5) is 5.89. The lowest BCUT2D eigenvalue weighted by Gasteiger charge is -2.49. The number of nitrogens with zero attached hydrogens (tertiary/aromatic N) is 1. The van der Waals surface area contributed by atoms with Crippen LogP contribution in [0.2, 0.25) is 0 Å². The SMILES string of the molecule is CCc1cc2c(s1)CCO[C@@]21CCN(C[C@H]2C[C@@H](NS(=O)(=O)c3ccc(OC)cc3)C2)[C@@H](C)C1. The summed E-state index contributed by atoms with van der Waals surface area (Å²) in [7, 11) is -1.92. The lowest BCUT2D eigenvalue weighted by atomic mass is 9.77. The number of hydrogen-bond acceptors (Lipinski definition) is 6. The predicted octanol–water partition coefficient (Wildman–Crippen LogP) is 4.33. The molecule has 0 amide bonds. The summed E-state index contributed by atoms with van der Waals surface area (Å²) >= 11 is 1.98. The average Bonchev–Trinajstić information content (AvgIpc) is 3.24. The number of aryl methyl sites for hydroxylation is 1. The molecule has 2 aromatic rings. The van der Waals surface area contributed by atoms with Crippen molar-refractivity contribution in [1.29, 1.82) is 0 Å². The van der Waals surface area contributed by atoms with Crippen molar-refractivity contribution in [1.82, 2.24) is 9.62 Å². The van der Waals surface area contributed by atoms with Crippen LogP contribution in [-0.4, -0.2) is 52.2 Å². The smallest absolute Gasteiger partial charge is 0.240 e. The number of benzene rings is 1. The molecule has 0 bridgehead atoms. The molecule has 5 rings (SSSR count). The lowest BCUT2D eigenvalue weighted by molar-refractivity contribution is -0.114. The van der Waals surface area contributed by atoms with Crippen molar-refractivity contribution in [2.24, 2.45) is 5.92 Å². The van der Waals surface area contributed by atoms with E-state index >= 15 is 0 Å². The Balaban J connectivity index is 1.14. The minimum atomic E-state index is -3.49. The number of hydrogen-bond donors (Lipinski definition) is 1. The Kier molecular flexibility index (Phi) is 6.81. The highest BCUT2D eigenvalue weighted by molar-refractivity contribution is 7.89. The Hall–Kier alpha value is -1.45. The van der Waals surface area contributed by atoms with Gasteiger partial charge in [0.05, 0.1) is 24.2 Å². The van der Waals surface area contributed by atoms with E-state index in [9.17, 15) is 8.42 Å². The van der Waals surface area contributed by atoms with Gasteiger partial charge in [-0.05, 0) is 80.8 Å². The molecule has 8 heteroatoms. The Bertz CT molecular complexity index is 1110. The number of nitrogens with one attached hydrogen (secondary N) is 1. The number of sulfonamides is 1. The number of fused-ring (bicyclic) bond motifs is 2. The second kappa shape index (κ2) is 9.54. The van der Waals surface area contributed by atoms with E-state index in [0.717, 1.165) is 58.2 Å². The third-order valence-corrected chi connectivity index (χ3v) is 10.8. The van der Waals surface area contributed by atoms with Gasteiger partial charge in [-0.15, -0.1) is 11.3 Å². The number of methoxy groups -OCH3 is 1. The van der Waals surface area contributed by atoms with Crippen LogP contribution >= 0.6 is 11.3 Å². The quantitative estimate of drug-likeness (QED) is 0.608. The maximum absolute atomic E-state index is 12.7. The number of piperidine rings is 1. The first-order valence-corrected chi connectivity index (χ1v) is 14.8. The molecule has 1 aromatic heterocycles. The zero-order valence-electron chi connectivity index (χ0n) is 20.4. The molecule has 2 atom stereocenters. The molecule has 2 fully saturated rings. The molecular formula is C26H36N2O4S2. The van der Waals surface area contributed by atoms with Crippen molar-refractivity contribution in [3.05, 3.63) is 45.6 Å². The van der Waals surface area contributed by atoms with E-state index in [-0.39, 0.29) is 11.6 Å². The van der Waals surface area contributed by atoms with E-state index in [1.54, 1.807) is 31.4 Å². The topological polar surface area (TPSA) is 67.9 Å². The molecule has 0 unspecified atom stereocenters. The molecule has 2 aliphatic heterocycles. The fraction of sp³-hybridized carbons (Fsp3) is 0.615. The summed E-state index contributed by atoms with van der Waals surface area (Å²) in [6.07, 6.45) is 6.03. The molecule has 1 aliphatic carbocycles. The second-order valence-electron chi connectivity index (χ2n) is 10.1. The van der Waals surface area contributed by atoms with Crippen LogP contribution in [0.3, 0.4) is 0 Å². The van der Waals surface area contributed by atoms with Gasteiger partial charge in [-0.1, -0.05) is 6.92 Å². The highest BCUT2D eigenvalue weighted by Crippen LogP contribution is 2.46. The summed E-state index contributed by atoms with van der Waals surface area (Å²) in [5.41, 5.74) is 1.35. The van der Waals surface area contributed by atoms with E-state index in [1.165, 1.54) is 15.3 Å². The molecular weight excluding hydrogens is 468 g/mol. The van der Waals surface area contributed by atoms with Crippen molar-refractivity contribution in [2.75, 3.05) is 26.8 Å². The van der Waals surface area contributed by atoms with Gasteiger partial charge >= 0.3 is 0 Å². The first-order valence-electron chi connectivity index (χ1n) is 12.5.